The predicted molar refractivity (Wildman–Crippen MR) is 428 cm³/mol. The number of carboxylic acid groups (broad SMARTS) is 1. The third-order valence-electron chi connectivity index (χ3n) is 17.6. The molecule has 28 N–H and O–H groups in total. The number of rotatable bonds is 29. The Morgan fingerprint density at radius 2 is 0.754 bits per heavy atom. The molecule has 12 atom stereocenters. The van der Waals surface area contributed by atoms with Gasteiger partial charge >= 0.3 is 5.97 Å². The Labute approximate surface area is 668 Å². The fourth-order valence-corrected chi connectivity index (χ4v) is 12.6. The van der Waals surface area contributed by atoms with E-state index in [4.69, 9.17) is 40.1 Å². The first kappa shape index (κ1) is 96.8. The number of nitrogens with zero attached hydrogens (tertiary/aromatic N) is 3. The van der Waals surface area contributed by atoms with Gasteiger partial charge < -0.3 is 114 Å². The molecule has 0 saturated carbocycles. The van der Waals surface area contributed by atoms with E-state index in [0.717, 1.165) is 11.8 Å². The number of carbonyl (C=O) groups excluding carboxylic acids is 14. The molecule has 0 radical (unpaired) electrons. The van der Waals surface area contributed by atoms with Crippen LogP contribution in [-0.2, 0) is 84.8 Å². The summed E-state index contributed by atoms with van der Waals surface area (Å²) < 4.78 is 0. The van der Waals surface area contributed by atoms with Gasteiger partial charge in [-0.2, -0.15) is 0 Å². The molecule has 1 saturated heterocycles. The highest BCUT2D eigenvalue weighted by atomic mass is 32.2. The summed E-state index contributed by atoms with van der Waals surface area (Å²) in [4.78, 5) is 226. The zero-order valence-electron chi connectivity index (χ0n) is 66.3. The summed E-state index contributed by atoms with van der Waals surface area (Å²) in [6.45, 7) is 14.2. The highest BCUT2D eigenvalue weighted by molar-refractivity contribution is 8.00. The fourth-order valence-electron chi connectivity index (χ4n) is 11.8. The molecule has 0 aliphatic carbocycles. The van der Waals surface area contributed by atoms with Gasteiger partial charge in [-0.15, -0.1) is 11.8 Å². The normalized spacial score (nSPS) is 23.1. The second kappa shape index (κ2) is 50.6. The van der Waals surface area contributed by atoms with Crippen LogP contribution in [0.5, 0.6) is 0 Å². The quantitative estimate of drug-likeness (QED) is 0.0207. The van der Waals surface area contributed by atoms with E-state index >= 15 is 0 Å². The van der Waals surface area contributed by atoms with Gasteiger partial charge in [0.25, 0.3) is 0 Å². The van der Waals surface area contributed by atoms with Gasteiger partial charge in [0.05, 0.1) is 18.7 Å². The van der Waals surface area contributed by atoms with E-state index in [9.17, 15) is 77.0 Å². The first-order valence-corrected chi connectivity index (χ1v) is 39.2. The Bertz CT molecular complexity index is 3650. The first-order chi connectivity index (χ1) is 53.8. The molecule has 632 valence electrons. The lowest BCUT2D eigenvalue weighted by molar-refractivity contribution is -0.141. The predicted octanol–water partition coefficient (Wildman–Crippen LogP) is -4.52. The number of benzene rings is 2. The molecule has 0 spiro atoms. The van der Waals surface area contributed by atoms with Crippen LogP contribution in [0.4, 0.5) is 0 Å². The number of nitrogens with one attached hydrogen (secondary N) is 13. The molecule has 40 heteroatoms. The summed E-state index contributed by atoms with van der Waals surface area (Å²) in [5.74, 6) is -18.7. The number of carbonyl (C=O) groups is 15. The van der Waals surface area contributed by atoms with Crippen molar-refractivity contribution in [2.45, 2.75) is 218 Å². The zero-order valence-corrected chi connectivity index (χ0v) is 67.1. The van der Waals surface area contributed by atoms with Crippen LogP contribution in [0.25, 0.3) is 0 Å². The van der Waals surface area contributed by atoms with Gasteiger partial charge in [-0.3, -0.25) is 86.9 Å². The van der Waals surface area contributed by atoms with Gasteiger partial charge in [0, 0.05) is 38.2 Å². The van der Waals surface area contributed by atoms with E-state index in [1.807, 2.05) is 0 Å². The van der Waals surface area contributed by atoms with Gasteiger partial charge in [-0.05, 0) is 92.6 Å². The van der Waals surface area contributed by atoms with Crippen LogP contribution in [-0.4, -0.2) is 222 Å². The number of carboxylic acids is 1. The minimum atomic E-state index is -2.00. The number of aliphatic carboxylic acids is 1. The second-order valence-corrected chi connectivity index (χ2v) is 30.2. The van der Waals surface area contributed by atoms with Gasteiger partial charge in [0.1, 0.15) is 72.5 Å². The van der Waals surface area contributed by atoms with Crippen molar-refractivity contribution in [2.24, 2.45) is 78.8 Å². The van der Waals surface area contributed by atoms with Crippen molar-refractivity contribution in [1.29, 1.82) is 0 Å². The maximum atomic E-state index is 14.9. The topological polar surface area (TPSA) is 652 Å². The highest BCUT2D eigenvalue weighted by Crippen LogP contribution is 2.17. The number of hydrogen-bond acceptors (Lipinski definition) is 19. The van der Waals surface area contributed by atoms with Crippen LogP contribution in [0.1, 0.15) is 144 Å². The minimum Gasteiger partial charge on any atom is -0.481 e. The van der Waals surface area contributed by atoms with Gasteiger partial charge in [-0.25, -0.2) is 0 Å². The Kier molecular flexibility index (Phi) is 43.0. The summed E-state index contributed by atoms with van der Waals surface area (Å²) in [7, 11) is 0. The number of primary amides is 1. The van der Waals surface area contributed by atoms with Crippen LogP contribution in [0.15, 0.2) is 75.6 Å². The van der Waals surface area contributed by atoms with Gasteiger partial charge in [0.2, 0.25) is 82.7 Å². The largest absolute Gasteiger partial charge is 0.481 e. The molecule has 1 fully saturated rings. The molecular formula is C74H119N23O16S. The van der Waals surface area contributed by atoms with Crippen LogP contribution in [0, 0.1) is 23.7 Å². The maximum Gasteiger partial charge on any atom is 0.305 e. The molecule has 1 aliphatic heterocycles. The zero-order chi connectivity index (χ0) is 85.3. The van der Waals surface area contributed by atoms with Crippen LogP contribution in [0.2, 0.25) is 0 Å². The number of hydrogen-bond donors (Lipinski definition) is 21. The van der Waals surface area contributed by atoms with E-state index in [1.54, 1.807) is 123 Å². The standard InChI is InChI=1S/C74H119N23O16S/c1-10-20-45-61(103)87-46(25-17-28-82-72(76)77)62(104)93-53(35-57(100)101)68(110)89-48(27-19-30-84-74(80)81)64(106)96-59(42(8)9)71(113)94-52(34-44-23-15-12-16-24-44)67(109)88-47(26-18-29-83-73(78)79)63(105)95-54(60(102)85-36-55(75)98)37-114-38-56(99)86-51(33-43-21-13-11-14-22-43)66(108)91-49(31-39(2)3)65(107)92-50(32-40(4)5)69(111)97-58(41(6)7)70(112)90-45/h11-16,21-24,39-42,45-54,58-59H,10,17-20,25-38H2,1-9H3,(H2,75,98)(H,85,102)(H,86,99)(H,87,103)(H,88,109)(H,89,110)(H,90,112)(H,91,108)(H,92,107)(H,93,104)(H,94,113)(H,95,105)(H,96,106)(H,97,111)(H,100,101)(H4,76,77,82)(H4,78,79,83)(H4,80,81,84)/t45-,46-,47-,48-,49-,50-,51-,52-,53-,54?,58-,59-/m0/s1. The van der Waals surface area contributed by atoms with Gasteiger partial charge in [0.15, 0.2) is 17.9 Å². The molecule has 0 bridgehead atoms. The fraction of sp³-hybridized carbons (Fsp3) is 0.595. The maximum absolute atomic E-state index is 14.9. The monoisotopic (exact) mass is 1620 g/mol. The van der Waals surface area contributed by atoms with E-state index in [2.05, 4.69) is 84.1 Å². The minimum absolute atomic E-state index is 0.00741. The van der Waals surface area contributed by atoms with Gasteiger partial charge in [-0.1, -0.05) is 129 Å². The molecule has 0 aromatic heterocycles. The molecule has 1 heterocycles. The van der Waals surface area contributed by atoms with Crippen LogP contribution >= 0.6 is 11.8 Å². The number of aliphatic imine (C=N–C) groups is 3. The molecule has 2 aromatic rings. The van der Waals surface area contributed by atoms with E-state index in [0.29, 0.717) is 11.1 Å². The molecule has 114 heavy (non-hydrogen) atoms. The highest BCUT2D eigenvalue weighted by Gasteiger charge is 2.39. The van der Waals surface area contributed by atoms with Crippen molar-refractivity contribution in [1.82, 2.24) is 69.1 Å². The molecular weight excluding hydrogens is 1500 g/mol. The lowest BCUT2D eigenvalue weighted by Crippen LogP contribution is -2.62. The number of nitrogens with two attached hydrogens (primary N) is 7. The first-order valence-electron chi connectivity index (χ1n) is 38.0. The second-order valence-electron chi connectivity index (χ2n) is 29.2. The van der Waals surface area contributed by atoms with Crippen LogP contribution in [0.3, 0.4) is 0 Å². The molecule has 3 rings (SSSR count). The van der Waals surface area contributed by atoms with Crippen LogP contribution < -0.4 is 109 Å². The summed E-state index contributed by atoms with van der Waals surface area (Å²) in [5.41, 5.74) is 40.1. The lowest BCUT2D eigenvalue weighted by atomic mass is 9.98. The molecule has 2 aromatic carbocycles. The molecule has 1 aliphatic rings. The summed E-state index contributed by atoms with van der Waals surface area (Å²) >= 11 is 0.812. The summed E-state index contributed by atoms with van der Waals surface area (Å²) in [5, 5.41) is 44.3. The van der Waals surface area contributed by atoms with Crippen molar-refractivity contribution in [3.63, 3.8) is 0 Å². The van der Waals surface area contributed by atoms with E-state index in [-0.39, 0.29) is 126 Å². The Hall–Kier alpha value is -11.3. The Morgan fingerprint density at radius 3 is 1.13 bits per heavy atom. The molecule has 1 unspecified atom stereocenters. The lowest BCUT2D eigenvalue weighted by Gasteiger charge is -2.30. The number of guanidine groups is 3. The molecule has 39 nitrogen and oxygen atoms in total. The average Bonchev–Trinajstić information content (AvgIpc) is 0.850. The smallest absolute Gasteiger partial charge is 0.305 e. The van der Waals surface area contributed by atoms with Crippen molar-refractivity contribution < 1.29 is 77.0 Å². The van der Waals surface area contributed by atoms with Crippen molar-refractivity contribution in [2.75, 3.05) is 37.7 Å². The van der Waals surface area contributed by atoms with E-state index < -0.39 is 197 Å². The van der Waals surface area contributed by atoms with E-state index in [1.165, 1.54) is 0 Å². The van der Waals surface area contributed by atoms with Crippen molar-refractivity contribution in [3.05, 3.63) is 71.8 Å². The average molecular weight is 1620 g/mol. The third kappa shape index (κ3) is 37.3. The number of thioether (sulfide) groups is 1. The SMILES string of the molecule is CCC[C@@H]1NC(=O)[C@H](C(C)C)NC(=O)[C@H](CC(C)C)NC(=O)[C@H](CC(C)C)NC(=O)[C@H](Cc2ccccc2)NC(=O)CSCC(C(=O)NCC(N)=O)NC(=O)[C@H](CCCN=C(N)N)NC(=O)[C@H](Cc2ccccc2)NC(=O)[C@H](C(C)C)NC(=O)[C@H](CCCN=C(N)N)NC(=O)[C@H](CC(=O)O)NC(=O)[C@H](CCCN=C(N)N)NC1=O. The molecule has 14 amide bonds. The number of amides is 14. The summed E-state index contributed by atoms with van der Waals surface area (Å²) in [6.07, 6.45) is -2.01. The Morgan fingerprint density at radius 1 is 0.430 bits per heavy atom. The summed E-state index contributed by atoms with van der Waals surface area (Å²) in [6, 6.07) is -1.50. The van der Waals surface area contributed by atoms with Crippen molar-refractivity contribution in [3.8, 4) is 0 Å². The van der Waals surface area contributed by atoms with Crippen molar-refractivity contribution >= 4 is 118 Å². The third-order valence-corrected chi connectivity index (χ3v) is 18.6. The Balaban J connectivity index is 2.38.